The number of fused-ring (bicyclic) bond motifs is 8. The van der Waals surface area contributed by atoms with Crippen LogP contribution in [0.3, 0.4) is 0 Å². The van der Waals surface area contributed by atoms with Crippen LogP contribution in [0, 0.1) is 6.92 Å². The first-order valence-electron chi connectivity index (χ1n) is 25.2. The summed E-state index contributed by atoms with van der Waals surface area (Å²) in [5, 5.41) is 2.62. The van der Waals surface area contributed by atoms with Gasteiger partial charge in [-0.2, -0.15) is 0 Å². The lowest BCUT2D eigenvalue weighted by molar-refractivity contribution is 0.332. The van der Waals surface area contributed by atoms with E-state index >= 15 is 0 Å². The minimum absolute atomic E-state index is 0.0302. The van der Waals surface area contributed by atoms with Crippen molar-refractivity contribution in [1.82, 2.24) is 0 Å². The molecular formula is C65H63BN2S. The number of aryl methyl sites for hydroxylation is 1. The number of hydrogen-bond acceptors (Lipinski definition) is 3. The van der Waals surface area contributed by atoms with E-state index in [0.29, 0.717) is 0 Å². The molecule has 0 fully saturated rings. The van der Waals surface area contributed by atoms with Gasteiger partial charge in [0.15, 0.2) is 0 Å². The third kappa shape index (κ3) is 6.95. The predicted molar refractivity (Wildman–Crippen MR) is 301 cm³/mol. The Balaban J connectivity index is 1.27. The molecule has 3 aliphatic rings. The van der Waals surface area contributed by atoms with Crippen LogP contribution in [-0.4, -0.2) is 6.85 Å². The van der Waals surface area contributed by atoms with E-state index in [-0.39, 0.29) is 28.5 Å². The predicted octanol–water partition coefficient (Wildman–Crippen LogP) is 17.3. The third-order valence-corrected chi connectivity index (χ3v) is 17.3. The first-order valence-corrected chi connectivity index (χ1v) is 26.0. The van der Waals surface area contributed by atoms with Crippen molar-refractivity contribution in [2.24, 2.45) is 0 Å². The molecule has 12 rings (SSSR count). The molecule has 0 N–H and O–H groups in total. The molecule has 1 aliphatic carbocycles. The molecule has 0 spiro atoms. The summed E-state index contributed by atoms with van der Waals surface area (Å²) in [5.41, 5.74) is 23.5. The van der Waals surface area contributed by atoms with Crippen molar-refractivity contribution in [2.45, 2.75) is 111 Å². The van der Waals surface area contributed by atoms with Crippen molar-refractivity contribution >= 4 is 77.7 Å². The van der Waals surface area contributed by atoms with Gasteiger partial charge in [-0.1, -0.05) is 160 Å². The van der Waals surface area contributed by atoms with Crippen LogP contribution in [0.15, 0.2) is 158 Å². The Kier molecular flexibility index (Phi) is 9.75. The molecule has 0 amide bonds. The van der Waals surface area contributed by atoms with Gasteiger partial charge in [0, 0.05) is 54.0 Å². The standard InChI is InChI=1S/C65H63BN2S/c1-40-19-15-16-22-46(40)42-33-51-49-36-52-53(65(10,11)32-31-64(52,8)9)38-56(49)68(45-28-25-43(26-29-45)62(2,3)4)66-54-39-60-50(47-23-17-18-24-59(47)69-60)37-57(54)67(58(34-42)61(51)66)55-30-27-44(63(5,6)7)35-48(55)41-20-13-12-14-21-41/h12-30,33-39H,31-32H2,1-11H3. The maximum Gasteiger partial charge on any atom is 0.333 e. The maximum atomic E-state index is 2.75. The van der Waals surface area contributed by atoms with Crippen molar-refractivity contribution < 1.29 is 0 Å². The molecule has 8 aromatic carbocycles. The molecule has 342 valence electrons. The second-order valence-electron chi connectivity index (χ2n) is 23.7. The van der Waals surface area contributed by atoms with Gasteiger partial charge in [0.2, 0.25) is 0 Å². The van der Waals surface area contributed by atoms with E-state index in [1.165, 1.54) is 121 Å². The highest BCUT2D eigenvalue weighted by molar-refractivity contribution is 7.26. The summed E-state index contributed by atoms with van der Waals surface area (Å²) in [7, 11) is 0. The van der Waals surface area contributed by atoms with Crippen LogP contribution in [0.25, 0.3) is 53.6 Å². The zero-order valence-electron chi connectivity index (χ0n) is 42.3. The van der Waals surface area contributed by atoms with Gasteiger partial charge in [-0.05, 0) is 169 Å². The normalized spacial score (nSPS) is 15.8. The fraction of sp³-hybridized carbons (Fsp3) is 0.262. The van der Waals surface area contributed by atoms with E-state index in [9.17, 15) is 0 Å². The van der Waals surface area contributed by atoms with Gasteiger partial charge in [-0.25, -0.2) is 0 Å². The van der Waals surface area contributed by atoms with Crippen molar-refractivity contribution in [3.8, 4) is 33.4 Å². The average Bonchev–Trinajstić information content (AvgIpc) is 3.69. The van der Waals surface area contributed by atoms with E-state index in [0.717, 1.165) is 12.8 Å². The summed E-state index contributed by atoms with van der Waals surface area (Å²) >= 11 is 1.92. The van der Waals surface area contributed by atoms with Crippen molar-refractivity contribution in [2.75, 3.05) is 9.71 Å². The molecule has 4 heteroatoms. The number of anilines is 5. The van der Waals surface area contributed by atoms with Gasteiger partial charge in [-0.3, -0.25) is 0 Å². The molecule has 0 bridgehead atoms. The molecule has 2 aliphatic heterocycles. The van der Waals surface area contributed by atoms with E-state index in [2.05, 4.69) is 244 Å². The molecule has 0 unspecified atom stereocenters. The minimum Gasteiger partial charge on any atom is -0.376 e. The summed E-state index contributed by atoms with van der Waals surface area (Å²) in [5.74, 6) is 0. The van der Waals surface area contributed by atoms with Crippen LogP contribution in [0.5, 0.6) is 0 Å². The van der Waals surface area contributed by atoms with Crippen LogP contribution in [0.1, 0.15) is 110 Å². The molecule has 0 saturated carbocycles. The fourth-order valence-corrected chi connectivity index (χ4v) is 13.1. The van der Waals surface area contributed by atoms with Crippen molar-refractivity contribution in [3.63, 3.8) is 0 Å². The van der Waals surface area contributed by atoms with Gasteiger partial charge in [-0.15, -0.1) is 11.3 Å². The second kappa shape index (κ2) is 15.3. The van der Waals surface area contributed by atoms with E-state index < -0.39 is 0 Å². The molecule has 3 heterocycles. The number of hydrogen-bond donors (Lipinski definition) is 0. The van der Waals surface area contributed by atoms with Gasteiger partial charge in [0.1, 0.15) is 0 Å². The SMILES string of the molecule is Cc1ccccc1-c1cc2c3c(c1)N(c1ccc(C(C)(C)C)cc1-c1ccccc1)c1cc4c(cc1B3N(c1ccc(C(C)(C)C)cc1)c1cc3c(cc1-2)C(C)(C)CCC3(C)C)sc1ccccc14. The van der Waals surface area contributed by atoms with Crippen LogP contribution >= 0.6 is 11.3 Å². The monoisotopic (exact) mass is 914 g/mol. The van der Waals surface area contributed by atoms with Gasteiger partial charge in [0.25, 0.3) is 0 Å². The summed E-state index contributed by atoms with van der Waals surface area (Å²) in [4.78, 5) is 5.42. The molecule has 0 saturated heterocycles. The molecule has 9 aromatic rings. The highest BCUT2D eigenvalue weighted by Crippen LogP contribution is 2.55. The Morgan fingerprint density at radius 3 is 1.84 bits per heavy atom. The molecule has 0 atom stereocenters. The Labute approximate surface area is 414 Å². The molecule has 0 radical (unpaired) electrons. The average molecular weight is 915 g/mol. The topological polar surface area (TPSA) is 6.48 Å². The minimum atomic E-state index is -0.110. The molecular weight excluding hydrogens is 852 g/mol. The van der Waals surface area contributed by atoms with Gasteiger partial charge >= 0.3 is 6.85 Å². The van der Waals surface area contributed by atoms with Crippen LogP contribution < -0.4 is 20.6 Å². The third-order valence-electron chi connectivity index (χ3n) is 16.2. The Morgan fingerprint density at radius 1 is 0.478 bits per heavy atom. The summed E-state index contributed by atoms with van der Waals surface area (Å²) in [6, 6.07) is 61.4. The fourth-order valence-electron chi connectivity index (χ4n) is 12.0. The quantitative estimate of drug-likeness (QED) is 0.162. The van der Waals surface area contributed by atoms with Crippen molar-refractivity contribution in [1.29, 1.82) is 0 Å². The zero-order valence-corrected chi connectivity index (χ0v) is 43.1. The molecule has 1 aromatic heterocycles. The summed E-state index contributed by atoms with van der Waals surface area (Å²) in [6.07, 6.45) is 2.32. The lowest BCUT2D eigenvalue weighted by atomic mass is 9.43. The Hall–Kier alpha value is -6.36. The summed E-state index contributed by atoms with van der Waals surface area (Å²) < 4.78 is 2.64. The number of benzene rings is 8. The molecule has 2 nitrogen and oxygen atoms in total. The van der Waals surface area contributed by atoms with Crippen molar-refractivity contribution in [3.05, 3.63) is 186 Å². The highest BCUT2D eigenvalue weighted by Gasteiger charge is 2.48. The lowest BCUT2D eigenvalue weighted by Crippen LogP contribution is -2.61. The number of thiophene rings is 1. The number of rotatable bonds is 4. The van der Waals surface area contributed by atoms with Gasteiger partial charge < -0.3 is 9.71 Å². The maximum absolute atomic E-state index is 2.75. The highest BCUT2D eigenvalue weighted by atomic mass is 32.1. The first-order chi connectivity index (χ1) is 32.9. The largest absolute Gasteiger partial charge is 0.376 e. The van der Waals surface area contributed by atoms with E-state index in [1.54, 1.807) is 0 Å². The lowest BCUT2D eigenvalue weighted by Gasteiger charge is -2.48. The van der Waals surface area contributed by atoms with Crippen LogP contribution in [0.4, 0.5) is 28.4 Å². The first kappa shape index (κ1) is 43.9. The second-order valence-corrected chi connectivity index (χ2v) is 24.8. The zero-order chi connectivity index (χ0) is 47.9. The van der Waals surface area contributed by atoms with Crippen LogP contribution in [-0.2, 0) is 21.7 Å². The van der Waals surface area contributed by atoms with Crippen LogP contribution in [0.2, 0.25) is 0 Å². The summed E-state index contributed by atoms with van der Waals surface area (Å²) in [6.45, 7) is 26.0. The Morgan fingerprint density at radius 2 is 1.13 bits per heavy atom. The number of nitrogens with zero attached hydrogens (tertiary/aromatic N) is 2. The Bertz CT molecular complexity index is 3540. The molecule has 69 heavy (non-hydrogen) atoms. The van der Waals surface area contributed by atoms with E-state index in [1.807, 2.05) is 11.3 Å². The smallest absolute Gasteiger partial charge is 0.333 e. The van der Waals surface area contributed by atoms with Gasteiger partial charge in [0.05, 0.1) is 5.69 Å². The van der Waals surface area contributed by atoms with E-state index in [4.69, 9.17) is 0 Å².